The number of ether oxygens (including phenoxy) is 1. The van der Waals surface area contributed by atoms with Gasteiger partial charge in [-0.15, -0.1) is 0 Å². The highest BCUT2D eigenvalue weighted by molar-refractivity contribution is 6.07. The Hall–Kier alpha value is -3.55. The first-order valence-electron chi connectivity index (χ1n) is 11.2. The van der Waals surface area contributed by atoms with Crippen LogP contribution in [0.4, 0.5) is 10.5 Å². The number of carbonyl (C=O) groups is 2. The highest BCUT2D eigenvalue weighted by Crippen LogP contribution is 2.14. The number of aromatic nitrogens is 1. The lowest BCUT2D eigenvalue weighted by Crippen LogP contribution is -2.35. The van der Waals surface area contributed by atoms with E-state index in [1.165, 1.54) is 6.08 Å². The molecule has 7 nitrogen and oxygen atoms in total. The Bertz CT molecular complexity index is 1120. The number of urea groups is 1. The summed E-state index contributed by atoms with van der Waals surface area (Å²) in [7, 11) is 0. The molecule has 0 spiro atoms. The van der Waals surface area contributed by atoms with E-state index in [-0.39, 0.29) is 17.9 Å². The van der Waals surface area contributed by atoms with E-state index in [1.807, 2.05) is 36.4 Å². The number of amides is 2. The minimum absolute atomic E-state index is 0.129. The molecule has 0 radical (unpaired) electrons. The fourth-order valence-electron chi connectivity index (χ4n) is 3.68. The summed E-state index contributed by atoms with van der Waals surface area (Å²) in [4.78, 5) is 29.1. The lowest BCUT2D eigenvalue weighted by Gasteiger charge is -2.22. The fourth-order valence-corrected chi connectivity index (χ4v) is 3.68. The number of ketones is 1. The van der Waals surface area contributed by atoms with Gasteiger partial charge >= 0.3 is 6.03 Å². The van der Waals surface area contributed by atoms with Gasteiger partial charge in [-0.1, -0.05) is 24.3 Å². The second-order valence-corrected chi connectivity index (χ2v) is 7.90. The average molecular weight is 445 g/mol. The van der Waals surface area contributed by atoms with Crippen molar-refractivity contribution in [3.05, 3.63) is 78.0 Å². The first kappa shape index (κ1) is 22.6. The molecule has 33 heavy (non-hydrogen) atoms. The van der Waals surface area contributed by atoms with Gasteiger partial charge < -0.3 is 20.7 Å². The minimum atomic E-state index is -0.301. The monoisotopic (exact) mass is 444 g/mol. The number of pyridine rings is 1. The van der Waals surface area contributed by atoms with Crippen molar-refractivity contribution in [1.29, 1.82) is 0 Å². The van der Waals surface area contributed by atoms with Crippen LogP contribution in [0.5, 0.6) is 0 Å². The van der Waals surface area contributed by atoms with Gasteiger partial charge in [0, 0.05) is 23.2 Å². The Balaban J connectivity index is 1.23. The Morgan fingerprint density at radius 2 is 1.82 bits per heavy atom. The maximum atomic E-state index is 12.5. The van der Waals surface area contributed by atoms with Crippen LogP contribution in [-0.2, 0) is 4.74 Å². The molecule has 1 fully saturated rings. The van der Waals surface area contributed by atoms with Crippen molar-refractivity contribution >= 4 is 34.5 Å². The van der Waals surface area contributed by atoms with Crippen molar-refractivity contribution in [2.24, 2.45) is 0 Å². The van der Waals surface area contributed by atoms with Gasteiger partial charge in [0.2, 0.25) is 0 Å². The number of fused-ring (bicyclic) bond motifs is 1. The third-order valence-corrected chi connectivity index (χ3v) is 5.48. The van der Waals surface area contributed by atoms with Crippen molar-refractivity contribution in [2.75, 3.05) is 31.6 Å². The molecule has 1 aromatic heterocycles. The number of allylic oxidation sites excluding steroid dienone is 1. The number of hydrogen-bond acceptors (Lipinski definition) is 5. The van der Waals surface area contributed by atoms with Crippen molar-refractivity contribution < 1.29 is 14.3 Å². The predicted molar refractivity (Wildman–Crippen MR) is 130 cm³/mol. The van der Waals surface area contributed by atoms with Crippen LogP contribution in [0.15, 0.2) is 66.7 Å². The highest BCUT2D eigenvalue weighted by Gasteiger charge is 2.13. The zero-order valence-corrected chi connectivity index (χ0v) is 18.4. The topological polar surface area (TPSA) is 92.4 Å². The molecule has 3 N–H and O–H groups in total. The molecule has 2 heterocycles. The smallest absolute Gasteiger partial charge is 0.319 e. The minimum Gasteiger partial charge on any atom is -0.376 e. The van der Waals surface area contributed by atoms with E-state index in [4.69, 9.17) is 4.74 Å². The molecule has 0 saturated carbocycles. The molecule has 4 rings (SSSR count). The second-order valence-electron chi connectivity index (χ2n) is 7.90. The third-order valence-electron chi connectivity index (χ3n) is 5.48. The van der Waals surface area contributed by atoms with Gasteiger partial charge in [-0.25, -0.2) is 9.78 Å². The number of para-hydroxylation sites is 1. The quantitative estimate of drug-likeness (QED) is 0.277. The number of rotatable bonds is 8. The summed E-state index contributed by atoms with van der Waals surface area (Å²) in [5, 5.41) is 9.90. The van der Waals surface area contributed by atoms with Crippen LogP contribution in [0, 0.1) is 0 Å². The summed E-state index contributed by atoms with van der Waals surface area (Å²) in [6, 6.07) is 18.2. The molecule has 3 aromatic rings. The van der Waals surface area contributed by atoms with Crippen LogP contribution in [0.2, 0.25) is 0 Å². The van der Waals surface area contributed by atoms with E-state index >= 15 is 0 Å². The van der Waals surface area contributed by atoms with E-state index in [1.54, 1.807) is 30.3 Å². The van der Waals surface area contributed by atoms with Gasteiger partial charge in [-0.2, -0.15) is 0 Å². The van der Waals surface area contributed by atoms with Gasteiger partial charge in [0.15, 0.2) is 5.78 Å². The molecule has 2 amide bonds. The summed E-state index contributed by atoms with van der Waals surface area (Å²) < 4.78 is 5.77. The van der Waals surface area contributed by atoms with E-state index in [2.05, 4.69) is 20.9 Å². The molecule has 0 aliphatic carbocycles. The molecule has 0 unspecified atom stereocenters. The molecular weight excluding hydrogens is 416 g/mol. The van der Waals surface area contributed by atoms with Crippen LogP contribution >= 0.6 is 0 Å². The molecule has 7 heteroatoms. The summed E-state index contributed by atoms with van der Waals surface area (Å²) in [6.07, 6.45) is 5.50. The molecule has 1 aliphatic rings. The highest BCUT2D eigenvalue weighted by atomic mass is 16.5. The lowest BCUT2D eigenvalue weighted by atomic mass is 10.1. The lowest BCUT2D eigenvalue weighted by molar-refractivity contribution is 0.0358. The average Bonchev–Trinajstić information content (AvgIpc) is 2.86. The van der Waals surface area contributed by atoms with Crippen LogP contribution < -0.4 is 16.0 Å². The zero-order valence-electron chi connectivity index (χ0n) is 18.4. The number of hydrogen-bond donors (Lipinski definition) is 3. The molecular formula is C26H28N4O3. The van der Waals surface area contributed by atoms with Gasteiger partial charge in [-0.3, -0.25) is 4.79 Å². The Kier molecular flexibility index (Phi) is 7.79. The molecule has 2 aromatic carbocycles. The SMILES string of the molecule is O=C(NCCOC1CCNCC1)Nc1ccc(C(=O)C=Cc2ccc3ccccc3n2)cc1. The number of benzene rings is 2. The van der Waals surface area contributed by atoms with Crippen molar-refractivity contribution in [3.63, 3.8) is 0 Å². The first-order valence-corrected chi connectivity index (χ1v) is 11.2. The van der Waals surface area contributed by atoms with Crippen LogP contribution in [0.25, 0.3) is 17.0 Å². The molecule has 170 valence electrons. The normalized spacial score (nSPS) is 14.4. The summed E-state index contributed by atoms with van der Waals surface area (Å²) in [5.74, 6) is -0.129. The van der Waals surface area contributed by atoms with Crippen molar-refractivity contribution in [1.82, 2.24) is 15.6 Å². The van der Waals surface area contributed by atoms with E-state index in [9.17, 15) is 9.59 Å². The van der Waals surface area contributed by atoms with Crippen LogP contribution in [-0.4, -0.2) is 49.1 Å². The summed E-state index contributed by atoms with van der Waals surface area (Å²) in [5.41, 5.74) is 2.76. The van der Waals surface area contributed by atoms with Gasteiger partial charge in [-0.05, 0) is 74.5 Å². The Labute approximate surface area is 193 Å². The Morgan fingerprint density at radius 1 is 1.03 bits per heavy atom. The van der Waals surface area contributed by atoms with Crippen LogP contribution in [0.3, 0.4) is 0 Å². The van der Waals surface area contributed by atoms with E-state index < -0.39 is 0 Å². The van der Waals surface area contributed by atoms with Crippen LogP contribution in [0.1, 0.15) is 28.9 Å². The maximum Gasteiger partial charge on any atom is 0.319 e. The fraction of sp³-hybridized carbons (Fsp3) is 0.269. The zero-order chi connectivity index (χ0) is 22.9. The summed E-state index contributed by atoms with van der Waals surface area (Å²) in [6.45, 7) is 2.89. The molecule has 0 bridgehead atoms. The van der Waals surface area contributed by atoms with Crippen molar-refractivity contribution in [3.8, 4) is 0 Å². The number of carbonyl (C=O) groups excluding carboxylic acids is 2. The van der Waals surface area contributed by atoms with Crippen molar-refractivity contribution in [2.45, 2.75) is 18.9 Å². The molecule has 1 aliphatic heterocycles. The number of piperidine rings is 1. The number of anilines is 1. The van der Waals surface area contributed by atoms with E-state index in [0.29, 0.717) is 24.4 Å². The standard InChI is InChI=1S/C26H28N4O3/c31-25(12-11-21-8-5-19-3-1-2-4-24(19)29-21)20-6-9-22(10-7-20)30-26(32)28-17-18-33-23-13-15-27-16-14-23/h1-12,23,27H,13-18H2,(H2,28,30,32). The van der Waals surface area contributed by atoms with Gasteiger partial charge in [0.05, 0.1) is 23.9 Å². The number of nitrogens with zero attached hydrogens (tertiary/aromatic N) is 1. The molecule has 0 atom stereocenters. The van der Waals surface area contributed by atoms with Gasteiger partial charge in [0.1, 0.15) is 0 Å². The third kappa shape index (κ3) is 6.71. The Morgan fingerprint density at radius 3 is 2.64 bits per heavy atom. The van der Waals surface area contributed by atoms with E-state index in [0.717, 1.165) is 42.5 Å². The van der Waals surface area contributed by atoms with Gasteiger partial charge in [0.25, 0.3) is 0 Å². The summed E-state index contributed by atoms with van der Waals surface area (Å²) >= 11 is 0. The maximum absolute atomic E-state index is 12.5. The second kappa shape index (κ2) is 11.4. The first-order chi connectivity index (χ1) is 16.2. The number of nitrogens with one attached hydrogen (secondary N) is 3. The predicted octanol–water partition coefficient (Wildman–Crippen LogP) is 4.02. The largest absolute Gasteiger partial charge is 0.376 e. The molecule has 1 saturated heterocycles.